The van der Waals surface area contributed by atoms with Gasteiger partial charge in [0.25, 0.3) is 0 Å². The highest BCUT2D eigenvalue weighted by atomic mass is 16.3. The number of hydrogen-bond acceptors (Lipinski definition) is 3. The molecule has 0 radical (unpaired) electrons. The molecule has 1 aromatic carbocycles. The lowest BCUT2D eigenvalue weighted by atomic mass is 10.2. The van der Waals surface area contributed by atoms with E-state index >= 15 is 0 Å². The highest BCUT2D eigenvalue weighted by Gasteiger charge is 2.06. The predicted molar refractivity (Wildman–Crippen MR) is 58.2 cm³/mol. The molecule has 0 bridgehead atoms. The molecule has 3 N–H and O–H groups in total. The SMILES string of the molecule is Cn1cc(CN)nc1-c1cccc(O)c1. The molecule has 0 unspecified atom stereocenters. The number of aromatic hydroxyl groups is 1. The monoisotopic (exact) mass is 203 g/mol. The molecule has 4 nitrogen and oxygen atoms in total. The summed E-state index contributed by atoms with van der Waals surface area (Å²) in [6, 6.07) is 7.02. The number of benzene rings is 1. The molecule has 0 saturated carbocycles. The molecular formula is C11H13N3O. The van der Waals surface area contributed by atoms with Gasteiger partial charge in [-0.25, -0.2) is 4.98 Å². The Morgan fingerprint density at radius 3 is 2.87 bits per heavy atom. The Bertz CT molecular complexity index is 476. The number of nitrogens with zero attached hydrogens (tertiary/aromatic N) is 2. The van der Waals surface area contributed by atoms with Gasteiger partial charge in [-0.05, 0) is 12.1 Å². The van der Waals surface area contributed by atoms with Crippen LogP contribution in [0.2, 0.25) is 0 Å². The summed E-state index contributed by atoms with van der Waals surface area (Å²) in [6.45, 7) is 0.423. The zero-order valence-electron chi connectivity index (χ0n) is 8.51. The van der Waals surface area contributed by atoms with Crippen molar-refractivity contribution in [1.82, 2.24) is 9.55 Å². The molecule has 0 aliphatic rings. The lowest BCUT2D eigenvalue weighted by Gasteiger charge is -2.01. The van der Waals surface area contributed by atoms with Gasteiger partial charge in [0.15, 0.2) is 0 Å². The van der Waals surface area contributed by atoms with Gasteiger partial charge >= 0.3 is 0 Å². The van der Waals surface area contributed by atoms with E-state index in [2.05, 4.69) is 4.98 Å². The molecular weight excluding hydrogens is 190 g/mol. The molecule has 1 heterocycles. The van der Waals surface area contributed by atoms with Crippen molar-refractivity contribution >= 4 is 0 Å². The molecule has 78 valence electrons. The fourth-order valence-corrected chi connectivity index (χ4v) is 1.54. The molecule has 2 aromatic rings. The van der Waals surface area contributed by atoms with Crippen LogP contribution in [-0.2, 0) is 13.6 Å². The second kappa shape index (κ2) is 3.74. The van der Waals surface area contributed by atoms with Crippen LogP contribution >= 0.6 is 0 Å². The molecule has 0 spiro atoms. The molecule has 0 fully saturated rings. The normalized spacial score (nSPS) is 10.5. The van der Waals surface area contributed by atoms with E-state index in [-0.39, 0.29) is 5.75 Å². The van der Waals surface area contributed by atoms with Gasteiger partial charge in [-0.15, -0.1) is 0 Å². The second-order valence-electron chi connectivity index (χ2n) is 3.42. The van der Waals surface area contributed by atoms with Crippen molar-refractivity contribution in [1.29, 1.82) is 0 Å². The van der Waals surface area contributed by atoms with Crippen LogP contribution in [0, 0.1) is 0 Å². The molecule has 0 amide bonds. The van der Waals surface area contributed by atoms with Gasteiger partial charge in [-0.1, -0.05) is 12.1 Å². The Morgan fingerprint density at radius 2 is 2.27 bits per heavy atom. The van der Waals surface area contributed by atoms with Gasteiger partial charge in [-0.3, -0.25) is 0 Å². The fraction of sp³-hybridized carbons (Fsp3) is 0.182. The van der Waals surface area contributed by atoms with Crippen LogP contribution in [0.4, 0.5) is 0 Å². The Morgan fingerprint density at radius 1 is 1.47 bits per heavy atom. The molecule has 0 aliphatic heterocycles. The maximum absolute atomic E-state index is 9.37. The first kappa shape index (κ1) is 9.73. The summed E-state index contributed by atoms with van der Waals surface area (Å²) < 4.78 is 1.90. The first-order chi connectivity index (χ1) is 7.20. The van der Waals surface area contributed by atoms with E-state index < -0.39 is 0 Å². The summed E-state index contributed by atoms with van der Waals surface area (Å²) >= 11 is 0. The highest BCUT2D eigenvalue weighted by molar-refractivity contribution is 5.58. The molecule has 0 saturated heterocycles. The van der Waals surface area contributed by atoms with E-state index in [4.69, 9.17) is 5.73 Å². The second-order valence-corrected chi connectivity index (χ2v) is 3.42. The molecule has 0 atom stereocenters. The predicted octanol–water partition coefficient (Wildman–Crippen LogP) is 1.25. The van der Waals surface area contributed by atoms with Crippen LogP contribution in [0.5, 0.6) is 5.75 Å². The van der Waals surface area contributed by atoms with Gasteiger partial charge in [0, 0.05) is 25.4 Å². The van der Waals surface area contributed by atoms with Crippen molar-refractivity contribution in [3.05, 3.63) is 36.2 Å². The quantitative estimate of drug-likeness (QED) is 0.772. The van der Waals surface area contributed by atoms with Crippen LogP contribution in [0.3, 0.4) is 0 Å². The minimum absolute atomic E-state index is 0.241. The number of aromatic nitrogens is 2. The van der Waals surface area contributed by atoms with Gasteiger partial charge in [0.1, 0.15) is 11.6 Å². The van der Waals surface area contributed by atoms with Crippen LogP contribution in [-0.4, -0.2) is 14.7 Å². The summed E-state index contributed by atoms with van der Waals surface area (Å²) in [5.41, 5.74) is 7.24. The average molecular weight is 203 g/mol. The largest absolute Gasteiger partial charge is 0.508 e. The number of imidazole rings is 1. The maximum atomic E-state index is 9.37. The maximum Gasteiger partial charge on any atom is 0.140 e. The highest BCUT2D eigenvalue weighted by Crippen LogP contribution is 2.21. The summed E-state index contributed by atoms with van der Waals surface area (Å²) in [5, 5.41) is 9.37. The molecule has 15 heavy (non-hydrogen) atoms. The summed E-state index contributed by atoms with van der Waals surface area (Å²) in [6.07, 6.45) is 1.89. The first-order valence-electron chi connectivity index (χ1n) is 4.72. The van der Waals surface area contributed by atoms with Crippen LogP contribution < -0.4 is 5.73 Å². The average Bonchev–Trinajstić information content (AvgIpc) is 2.60. The topological polar surface area (TPSA) is 64.1 Å². The molecule has 4 heteroatoms. The minimum atomic E-state index is 0.241. The Hall–Kier alpha value is -1.81. The van der Waals surface area contributed by atoms with E-state index in [0.29, 0.717) is 6.54 Å². The first-order valence-corrected chi connectivity index (χ1v) is 4.72. The fourth-order valence-electron chi connectivity index (χ4n) is 1.54. The number of rotatable bonds is 2. The summed E-state index contributed by atoms with van der Waals surface area (Å²) in [7, 11) is 1.91. The van der Waals surface area contributed by atoms with Gasteiger partial charge < -0.3 is 15.4 Å². The van der Waals surface area contributed by atoms with Crippen molar-refractivity contribution in [2.45, 2.75) is 6.54 Å². The van der Waals surface area contributed by atoms with Crippen LogP contribution in [0.1, 0.15) is 5.69 Å². The van der Waals surface area contributed by atoms with Crippen molar-refractivity contribution in [3.8, 4) is 17.1 Å². The number of phenolic OH excluding ortho intramolecular Hbond substituents is 1. The number of hydrogen-bond donors (Lipinski definition) is 2. The van der Waals surface area contributed by atoms with Gasteiger partial charge in [-0.2, -0.15) is 0 Å². The van der Waals surface area contributed by atoms with Gasteiger partial charge in [0.05, 0.1) is 5.69 Å². The smallest absolute Gasteiger partial charge is 0.140 e. The number of nitrogens with two attached hydrogens (primary N) is 1. The molecule has 0 aliphatic carbocycles. The van der Waals surface area contributed by atoms with Crippen molar-refractivity contribution in [3.63, 3.8) is 0 Å². The van der Waals surface area contributed by atoms with E-state index in [9.17, 15) is 5.11 Å². The third kappa shape index (κ3) is 1.85. The summed E-state index contributed by atoms with van der Waals surface area (Å²) in [5.74, 6) is 1.05. The molecule has 1 aromatic heterocycles. The number of aryl methyl sites for hydroxylation is 1. The van der Waals surface area contributed by atoms with Crippen LogP contribution in [0.15, 0.2) is 30.5 Å². The third-order valence-electron chi connectivity index (χ3n) is 2.24. The van der Waals surface area contributed by atoms with E-state index in [1.807, 2.05) is 23.9 Å². The van der Waals surface area contributed by atoms with E-state index in [1.54, 1.807) is 18.2 Å². The standard InChI is InChI=1S/C11H13N3O/c1-14-7-9(6-12)13-11(14)8-3-2-4-10(15)5-8/h2-5,7,15H,6,12H2,1H3. The third-order valence-corrected chi connectivity index (χ3v) is 2.24. The van der Waals surface area contributed by atoms with Crippen molar-refractivity contribution < 1.29 is 5.11 Å². The zero-order valence-corrected chi connectivity index (χ0v) is 8.51. The van der Waals surface area contributed by atoms with Gasteiger partial charge in [0.2, 0.25) is 0 Å². The Labute approximate surface area is 88.0 Å². The lowest BCUT2D eigenvalue weighted by molar-refractivity contribution is 0.475. The minimum Gasteiger partial charge on any atom is -0.508 e. The van der Waals surface area contributed by atoms with E-state index in [1.165, 1.54) is 0 Å². The van der Waals surface area contributed by atoms with Crippen LogP contribution in [0.25, 0.3) is 11.4 Å². The number of phenols is 1. The Balaban J connectivity index is 2.48. The zero-order chi connectivity index (χ0) is 10.8. The van der Waals surface area contributed by atoms with Crippen molar-refractivity contribution in [2.24, 2.45) is 12.8 Å². The molecule has 2 rings (SSSR count). The Kier molecular flexibility index (Phi) is 2.43. The van der Waals surface area contributed by atoms with Crippen molar-refractivity contribution in [2.75, 3.05) is 0 Å². The van der Waals surface area contributed by atoms with E-state index in [0.717, 1.165) is 17.1 Å². The lowest BCUT2D eigenvalue weighted by Crippen LogP contribution is -1.95. The summed E-state index contributed by atoms with van der Waals surface area (Å²) in [4.78, 5) is 4.37.